The van der Waals surface area contributed by atoms with Crippen molar-refractivity contribution >= 4 is 11.9 Å². The summed E-state index contributed by atoms with van der Waals surface area (Å²) in [6, 6.07) is 7.24. The number of benzene rings is 1. The molecule has 1 unspecified atom stereocenters. The van der Waals surface area contributed by atoms with Crippen LogP contribution in [0.5, 0.6) is 5.75 Å². The molecule has 0 saturated carbocycles. The summed E-state index contributed by atoms with van der Waals surface area (Å²) in [6.45, 7) is 0.0289. The molecule has 1 amide bonds. The van der Waals surface area contributed by atoms with Crippen LogP contribution in [-0.4, -0.2) is 40.4 Å². The number of rotatable bonds is 7. The molecule has 0 bridgehead atoms. The molecule has 7 heteroatoms. The van der Waals surface area contributed by atoms with Crippen molar-refractivity contribution in [3.63, 3.8) is 0 Å². The van der Waals surface area contributed by atoms with E-state index in [9.17, 15) is 14.7 Å². The number of nitrogens with one attached hydrogen (secondary N) is 1. The minimum absolute atomic E-state index is 0.0289. The molecule has 1 heterocycles. The van der Waals surface area contributed by atoms with Crippen LogP contribution in [0.3, 0.4) is 0 Å². The van der Waals surface area contributed by atoms with E-state index in [1.54, 1.807) is 26.4 Å². The maximum Gasteiger partial charge on any atom is 0.308 e. The maximum atomic E-state index is 12.0. The van der Waals surface area contributed by atoms with Crippen LogP contribution < -0.4 is 10.1 Å². The molecule has 0 aliphatic heterocycles. The number of carbonyl (C=O) groups excluding carboxylic acids is 1. The highest BCUT2D eigenvalue weighted by molar-refractivity contribution is 5.93. The number of ether oxygens (including phenoxy) is 1. The molecule has 1 aromatic carbocycles. The Bertz CT molecular complexity index is 696. The van der Waals surface area contributed by atoms with Gasteiger partial charge >= 0.3 is 5.97 Å². The van der Waals surface area contributed by atoms with Gasteiger partial charge in [-0.3, -0.25) is 14.3 Å². The summed E-state index contributed by atoms with van der Waals surface area (Å²) in [5, 5.41) is 15.9. The fraction of sp³-hybridized carbons (Fsp3) is 0.312. The third kappa shape index (κ3) is 4.32. The topological polar surface area (TPSA) is 93.5 Å². The van der Waals surface area contributed by atoms with Crippen molar-refractivity contribution in [2.45, 2.75) is 6.42 Å². The normalized spacial score (nSPS) is 11.7. The number of hydrogen-bond acceptors (Lipinski definition) is 4. The number of methoxy groups -OCH3 is 1. The van der Waals surface area contributed by atoms with Crippen molar-refractivity contribution in [1.29, 1.82) is 0 Å². The molecule has 7 nitrogen and oxygen atoms in total. The van der Waals surface area contributed by atoms with Crippen molar-refractivity contribution < 1.29 is 19.4 Å². The average Bonchev–Trinajstić information content (AvgIpc) is 2.97. The second kappa shape index (κ2) is 7.44. The van der Waals surface area contributed by atoms with Gasteiger partial charge in [0.25, 0.3) is 5.91 Å². The Morgan fingerprint density at radius 2 is 2.13 bits per heavy atom. The first kappa shape index (κ1) is 16.5. The molecule has 2 aromatic rings. The van der Waals surface area contributed by atoms with Gasteiger partial charge in [0.05, 0.1) is 24.8 Å². The molecule has 0 fully saturated rings. The molecule has 0 aliphatic carbocycles. The van der Waals surface area contributed by atoms with Gasteiger partial charge in [-0.25, -0.2) is 0 Å². The van der Waals surface area contributed by atoms with E-state index in [-0.39, 0.29) is 18.9 Å². The third-order valence-corrected chi connectivity index (χ3v) is 3.48. The SMILES string of the molecule is COc1ccccc1CC(CNC(=O)c1cnn(C)c1)C(=O)O. The molecule has 0 spiro atoms. The number of aromatic nitrogens is 2. The molecule has 1 aromatic heterocycles. The number of amides is 1. The van der Waals surface area contributed by atoms with E-state index in [1.165, 1.54) is 10.9 Å². The van der Waals surface area contributed by atoms with Gasteiger partial charge in [-0.1, -0.05) is 18.2 Å². The van der Waals surface area contributed by atoms with Gasteiger partial charge in [-0.05, 0) is 18.1 Å². The molecule has 0 saturated heterocycles. The van der Waals surface area contributed by atoms with Crippen LogP contribution in [0.2, 0.25) is 0 Å². The molecule has 2 N–H and O–H groups in total. The standard InChI is InChI=1S/C16H19N3O4/c1-19-10-13(9-18-19)15(20)17-8-12(16(21)22)7-11-5-3-4-6-14(11)23-2/h3-6,9-10,12H,7-8H2,1-2H3,(H,17,20)(H,21,22). The predicted octanol–water partition coefficient (Wildman–Crippen LogP) is 1.10. The summed E-state index contributed by atoms with van der Waals surface area (Å²) in [5.41, 5.74) is 1.19. The molecule has 2 rings (SSSR count). The summed E-state index contributed by atoms with van der Waals surface area (Å²) in [4.78, 5) is 23.4. The molecular formula is C16H19N3O4. The maximum absolute atomic E-state index is 12.0. The number of aryl methyl sites for hydroxylation is 1. The third-order valence-electron chi connectivity index (χ3n) is 3.48. The molecule has 0 radical (unpaired) electrons. The van der Waals surface area contributed by atoms with Crippen LogP contribution in [0.25, 0.3) is 0 Å². The van der Waals surface area contributed by atoms with E-state index in [0.717, 1.165) is 5.56 Å². The Labute approximate surface area is 133 Å². The fourth-order valence-electron chi connectivity index (χ4n) is 2.24. The van der Waals surface area contributed by atoms with Crippen molar-refractivity contribution in [3.05, 3.63) is 47.8 Å². The first-order valence-electron chi connectivity index (χ1n) is 7.12. The van der Waals surface area contributed by atoms with Gasteiger partial charge in [0, 0.05) is 19.8 Å². The number of aliphatic carboxylic acids is 1. The largest absolute Gasteiger partial charge is 0.496 e. The van der Waals surface area contributed by atoms with Gasteiger partial charge in [-0.2, -0.15) is 5.10 Å². The van der Waals surface area contributed by atoms with E-state index in [2.05, 4.69) is 10.4 Å². The van der Waals surface area contributed by atoms with Crippen LogP contribution in [0.4, 0.5) is 0 Å². The monoisotopic (exact) mass is 317 g/mol. The molecule has 122 valence electrons. The molecular weight excluding hydrogens is 298 g/mol. The summed E-state index contributed by atoms with van der Waals surface area (Å²) in [6.07, 6.45) is 3.28. The summed E-state index contributed by atoms with van der Waals surface area (Å²) in [5.74, 6) is -1.42. The van der Waals surface area contributed by atoms with Crippen LogP contribution in [-0.2, 0) is 18.3 Å². The smallest absolute Gasteiger partial charge is 0.308 e. The molecule has 1 atom stereocenters. The lowest BCUT2D eigenvalue weighted by Crippen LogP contribution is -2.34. The number of nitrogens with zero attached hydrogens (tertiary/aromatic N) is 2. The van der Waals surface area contributed by atoms with E-state index < -0.39 is 11.9 Å². The predicted molar refractivity (Wildman–Crippen MR) is 83.4 cm³/mol. The van der Waals surface area contributed by atoms with Crippen LogP contribution >= 0.6 is 0 Å². The minimum atomic E-state index is -0.970. The number of hydrogen-bond donors (Lipinski definition) is 2. The van der Waals surface area contributed by atoms with E-state index in [0.29, 0.717) is 11.3 Å². The Hall–Kier alpha value is -2.83. The zero-order valence-corrected chi connectivity index (χ0v) is 13.0. The Balaban J connectivity index is 2.02. The number of para-hydroxylation sites is 1. The lowest BCUT2D eigenvalue weighted by Gasteiger charge is -2.15. The first-order chi connectivity index (χ1) is 11.0. The summed E-state index contributed by atoms with van der Waals surface area (Å²) >= 11 is 0. The Morgan fingerprint density at radius 3 is 2.74 bits per heavy atom. The van der Waals surface area contributed by atoms with Gasteiger partial charge in [0.1, 0.15) is 5.75 Å². The lowest BCUT2D eigenvalue weighted by molar-refractivity contribution is -0.141. The van der Waals surface area contributed by atoms with Gasteiger partial charge in [-0.15, -0.1) is 0 Å². The van der Waals surface area contributed by atoms with Gasteiger partial charge in [0.2, 0.25) is 0 Å². The number of carboxylic acids is 1. The second-order valence-corrected chi connectivity index (χ2v) is 5.16. The van der Waals surface area contributed by atoms with Crippen LogP contribution in [0.15, 0.2) is 36.7 Å². The average molecular weight is 317 g/mol. The molecule has 0 aliphatic rings. The van der Waals surface area contributed by atoms with Crippen molar-refractivity contribution in [2.24, 2.45) is 13.0 Å². The van der Waals surface area contributed by atoms with E-state index in [4.69, 9.17) is 4.74 Å². The van der Waals surface area contributed by atoms with Crippen molar-refractivity contribution in [2.75, 3.05) is 13.7 Å². The van der Waals surface area contributed by atoms with Crippen LogP contribution in [0.1, 0.15) is 15.9 Å². The molecule has 23 heavy (non-hydrogen) atoms. The zero-order valence-electron chi connectivity index (χ0n) is 13.0. The quantitative estimate of drug-likeness (QED) is 0.797. The van der Waals surface area contributed by atoms with E-state index in [1.807, 2.05) is 18.2 Å². The number of carboxylic acid groups (broad SMARTS) is 1. The van der Waals surface area contributed by atoms with Gasteiger partial charge < -0.3 is 15.2 Å². The zero-order chi connectivity index (χ0) is 16.8. The highest BCUT2D eigenvalue weighted by atomic mass is 16.5. The fourth-order valence-corrected chi connectivity index (χ4v) is 2.24. The van der Waals surface area contributed by atoms with Crippen molar-refractivity contribution in [3.8, 4) is 5.75 Å². The Kier molecular flexibility index (Phi) is 5.35. The number of carbonyl (C=O) groups is 2. The highest BCUT2D eigenvalue weighted by Gasteiger charge is 2.21. The first-order valence-corrected chi connectivity index (χ1v) is 7.12. The van der Waals surface area contributed by atoms with Crippen LogP contribution in [0, 0.1) is 5.92 Å². The summed E-state index contributed by atoms with van der Waals surface area (Å²) < 4.78 is 6.74. The summed E-state index contributed by atoms with van der Waals surface area (Å²) in [7, 11) is 3.25. The van der Waals surface area contributed by atoms with Crippen molar-refractivity contribution in [1.82, 2.24) is 15.1 Å². The Morgan fingerprint density at radius 1 is 1.39 bits per heavy atom. The second-order valence-electron chi connectivity index (χ2n) is 5.16. The van der Waals surface area contributed by atoms with Gasteiger partial charge in [0.15, 0.2) is 0 Å². The highest BCUT2D eigenvalue weighted by Crippen LogP contribution is 2.21. The minimum Gasteiger partial charge on any atom is -0.496 e. The lowest BCUT2D eigenvalue weighted by atomic mass is 9.98. The van der Waals surface area contributed by atoms with E-state index >= 15 is 0 Å².